The Morgan fingerprint density at radius 1 is 1.50 bits per heavy atom. The first-order chi connectivity index (χ1) is 7.56. The molecule has 0 saturated carbocycles. The summed E-state index contributed by atoms with van der Waals surface area (Å²) in [6, 6.07) is 0.861. The number of anilines is 1. The van der Waals surface area contributed by atoms with Crippen LogP contribution in [0.5, 0.6) is 0 Å². The highest BCUT2D eigenvalue weighted by atomic mass is 16.2. The fourth-order valence-corrected chi connectivity index (χ4v) is 1.14. The molecule has 1 aromatic heterocycles. The second-order valence-electron chi connectivity index (χ2n) is 3.27. The quantitative estimate of drug-likeness (QED) is 0.653. The Labute approximate surface area is 93.2 Å². The van der Waals surface area contributed by atoms with Crippen LogP contribution in [-0.4, -0.2) is 29.9 Å². The molecule has 16 heavy (non-hydrogen) atoms. The van der Waals surface area contributed by atoms with Crippen LogP contribution in [0.4, 0.5) is 5.69 Å². The summed E-state index contributed by atoms with van der Waals surface area (Å²) in [4.78, 5) is 26.4. The number of hydrogen-bond donors (Lipinski definition) is 3. The van der Waals surface area contributed by atoms with E-state index in [-0.39, 0.29) is 5.91 Å². The Balaban J connectivity index is 2.84. The van der Waals surface area contributed by atoms with E-state index in [9.17, 15) is 9.59 Å². The molecule has 0 bridgehead atoms. The minimum absolute atomic E-state index is 0.363. The molecule has 1 unspecified atom stereocenters. The summed E-state index contributed by atoms with van der Waals surface area (Å²) >= 11 is 0. The molecule has 6 nitrogen and oxygen atoms in total. The molecule has 6 heteroatoms. The smallest absolute Gasteiger partial charge is 0.254 e. The summed E-state index contributed by atoms with van der Waals surface area (Å²) in [6.45, 7) is 1.53. The number of aromatic nitrogens is 1. The lowest BCUT2D eigenvalue weighted by molar-refractivity contribution is -0.119. The maximum absolute atomic E-state index is 11.8. The third-order valence-electron chi connectivity index (χ3n) is 2.11. The van der Waals surface area contributed by atoms with Crippen LogP contribution >= 0.6 is 0 Å². The average molecular weight is 222 g/mol. The third kappa shape index (κ3) is 2.69. The second kappa shape index (κ2) is 5.11. The van der Waals surface area contributed by atoms with Gasteiger partial charge in [-0.2, -0.15) is 0 Å². The Kier molecular flexibility index (Phi) is 3.82. The van der Waals surface area contributed by atoms with Gasteiger partial charge >= 0.3 is 0 Å². The van der Waals surface area contributed by atoms with Crippen LogP contribution in [-0.2, 0) is 4.79 Å². The number of rotatable bonds is 4. The van der Waals surface area contributed by atoms with Crippen LogP contribution in [0.15, 0.2) is 18.5 Å². The third-order valence-corrected chi connectivity index (χ3v) is 2.11. The highest BCUT2D eigenvalue weighted by Gasteiger charge is 2.15. The number of pyridine rings is 1. The highest BCUT2D eigenvalue weighted by Crippen LogP contribution is 2.12. The van der Waals surface area contributed by atoms with Crippen LogP contribution in [0.3, 0.4) is 0 Å². The number of primary amides is 1. The Hall–Kier alpha value is -2.11. The summed E-state index contributed by atoms with van der Waals surface area (Å²) in [5.74, 6) is -0.938. The van der Waals surface area contributed by atoms with E-state index >= 15 is 0 Å². The Morgan fingerprint density at radius 2 is 2.19 bits per heavy atom. The van der Waals surface area contributed by atoms with Crippen molar-refractivity contribution in [3.8, 4) is 0 Å². The number of carbonyl (C=O) groups is 2. The molecular formula is C10H14N4O2. The monoisotopic (exact) mass is 222 g/mol. The average Bonchev–Trinajstić information content (AvgIpc) is 2.28. The van der Waals surface area contributed by atoms with Gasteiger partial charge in [0, 0.05) is 13.2 Å². The van der Waals surface area contributed by atoms with Crippen molar-refractivity contribution in [3.63, 3.8) is 0 Å². The first kappa shape index (κ1) is 12.0. The summed E-state index contributed by atoms with van der Waals surface area (Å²) in [5.41, 5.74) is 6.07. The van der Waals surface area contributed by atoms with Crippen LogP contribution in [0.25, 0.3) is 0 Å². The van der Waals surface area contributed by atoms with E-state index in [1.807, 2.05) is 0 Å². The fourth-order valence-electron chi connectivity index (χ4n) is 1.14. The maximum Gasteiger partial charge on any atom is 0.254 e. The summed E-state index contributed by atoms with van der Waals surface area (Å²) < 4.78 is 0. The van der Waals surface area contributed by atoms with Crippen molar-refractivity contribution >= 4 is 17.5 Å². The molecule has 2 amide bonds. The van der Waals surface area contributed by atoms with E-state index in [0.717, 1.165) is 0 Å². The van der Waals surface area contributed by atoms with Crippen molar-refractivity contribution in [1.82, 2.24) is 10.3 Å². The van der Waals surface area contributed by atoms with Gasteiger partial charge in [-0.15, -0.1) is 0 Å². The number of nitrogens with two attached hydrogens (primary N) is 1. The number of nitrogens with zero attached hydrogens (tertiary/aromatic N) is 1. The van der Waals surface area contributed by atoms with Crippen molar-refractivity contribution in [1.29, 1.82) is 0 Å². The van der Waals surface area contributed by atoms with Crippen molar-refractivity contribution in [2.45, 2.75) is 13.0 Å². The van der Waals surface area contributed by atoms with Crippen LogP contribution in [0, 0.1) is 0 Å². The maximum atomic E-state index is 11.8. The molecule has 1 rings (SSSR count). The second-order valence-corrected chi connectivity index (χ2v) is 3.27. The van der Waals surface area contributed by atoms with Gasteiger partial charge < -0.3 is 16.4 Å². The molecule has 86 valence electrons. The molecule has 0 aromatic carbocycles. The van der Waals surface area contributed by atoms with Crippen LogP contribution in [0.2, 0.25) is 0 Å². The van der Waals surface area contributed by atoms with Crippen molar-refractivity contribution in [2.75, 3.05) is 12.4 Å². The van der Waals surface area contributed by atoms with Crippen molar-refractivity contribution in [3.05, 3.63) is 24.0 Å². The molecule has 0 aliphatic rings. The predicted octanol–water partition coefficient (Wildman–Crippen LogP) is -0.273. The summed E-state index contributed by atoms with van der Waals surface area (Å²) in [5, 5.41) is 5.33. The van der Waals surface area contributed by atoms with E-state index < -0.39 is 11.9 Å². The van der Waals surface area contributed by atoms with E-state index in [1.54, 1.807) is 13.1 Å². The normalized spacial score (nSPS) is 11.6. The molecule has 0 aliphatic heterocycles. The number of amides is 2. The van der Waals surface area contributed by atoms with Gasteiger partial charge in [-0.1, -0.05) is 0 Å². The molecule has 1 heterocycles. The zero-order valence-electron chi connectivity index (χ0n) is 9.15. The highest BCUT2D eigenvalue weighted by molar-refractivity contribution is 6.01. The van der Waals surface area contributed by atoms with E-state index in [1.165, 1.54) is 19.3 Å². The largest absolute Gasteiger partial charge is 0.386 e. The zero-order valence-corrected chi connectivity index (χ0v) is 9.15. The van der Waals surface area contributed by atoms with Gasteiger partial charge in [0.05, 0.1) is 17.4 Å². The lowest BCUT2D eigenvalue weighted by Crippen LogP contribution is -2.42. The van der Waals surface area contributed by atoms with Crippen LogP contribution in [0.1, 0.15) is 17.3 Å². The molecule has 1 aromatic rings. The van der Waals surface area contributed by atoms with Gasteiger partial charge in [0.25, 0.3) is 5.91 Å². The van der Waals surface area contributed by atoms with Gasteiger partial charge in [-0.05, 0) is 13.0 Å². The molecule has 0 fully saturated rings. The SMILES string of the molecule is CNc1cnccc1C(=O)NC(C)C(N)=O. The van der Waals surface area contributed by atoms with Crippen LogP contribution < -0.4 is 16.4 Å². The molecule has 0 saturated heterocycles. The number of carbonyl (C=O) groups excluding carboxylic acids is 2. The summed E-state index contributed by atoms with van der Waals surface area (Å²) in [6.07, 6.45) is 3.04. The first-order valence-electron chi connectivity index (χ1n) is 4.78. The molecule has 4 N–H and O–H groups in total. The lowest BCUT2D eigenvalue weighted by Gasteiger charge is -2.12. The Bertz CT molecular complexity index is 406. The van der Waals surface area contributed by atoms with Gasteiger partial charge in [-0.3, -0.25) is 14.6 Å². The van der Waals surface area contributed by atoms with Gasteiger partial charge in [0.15, 0.2) is 0 Å². The minimum Gasteiger partial charge on any atom is -0.386 e. The zero-order chi connectivity index (χ0) is 12.1. The van der Waals surface area contributed by atoms with E-state index in [0.29, 0.717) is 11.3 Å². The molecule has 0 radical (unpaired) electrons. The van der Waals surface area contributed by atoms with Gasteiger partial charge in [-0.25, -0.2) is 0 Å². The molecule has 0 aliphatic carbocycles. The molecule has 1 atom stereocenters. The predicted molar refractivity (Wildman–Crippen MR) is 59.9 cm³/mol. The summed E-state index contributed by atoms with van der Waals surface area (Å²) in [7, 11) is 1.69. The first-order valence-corrected chi connectivity index (χ1v) is 4.78. The van der Waals surface area contributed by atoms with E-state index in [4.69, 9.17) is 5.73 Å². The van der Waals surface area contributed by atoms with Gasteiger partial charge in [0.2, 0.25) is 5.91 Å². The topological polar surface area (TPSA) is 97.1 Å². The van der Waals surface area contributed by atoms with Gasteiger partial charge in [0.1, 0.15) is 6.04 Å². The number of hydrogen-bond acceptors (Lipinski definition) is 4. The number of nitrogens with one attached hydrogen (secondary N) is 2. The van der Waals surface area contributed by atoms with Crippen molar-refractivity contribution < 1.29 is 9.59 Å². The lowest BCUT2D eigenvalue weighted by atomic mass is 10.2. The standard InChI is InChI=1S/C10H14N4O2/c1-6(9(11)15)14-10(16)7-3-4-13-5-8(7)12-2/h3-6,12H,1-2H3,(H2,11,15)(H,14,16). The Morgan fingerprint density at radius 3 is 2.75 bits per heavy atom. The molecule has 0 spiro atoms. The molecular weight excluding hydrogens is 208 g/mol. The van der Waals surface area contributed by atoms with Crippen molar-refractivity contribution in [2.24, 2.45) is 5.73 Å². The van der Waals surface area contributed by atoms with E-state index in [2.05, 4.69) is 15.6 Å². The minimum atomic E-state index is -0.703. The fraction of sp³-hybridized carbons (Fsp3) is 0.300.